The molecule has 2 aromatic rings. The number of aryl methyl sites for hydroxylation is 1. The molecular weight excluding hydrogens is 404 g/mol. The number of hydrogen-bond acceptors (Lipinski definition) is 2. The van der Waals surface area contributed by atoms with Crippen LogP contribution in [0.25, 0.3) is 0 Å². The van der Waals surface area contributed by atoms with E-state index in [2.05, 4.69) is 17.6 Å². The van der Waals surface area contributed by atoms with Gasteiger partial charge < -0.3 is 9.64 Å². The zero-order chi connectivity index (χ0) is 22.5. The summed E-state index contributed by atoms with van der Waals surface area (Å²) in [6.45, 7) is 6.07. The maximum Gasteiger partial charge on any atom is 0.126 e. The molecule has 166 valence electrons. The van der Waals surface area contributed by atoms with Gasteiger partial charge in [-0.2, -0.15) is 0 Å². The Morgan fingerprint density at radius 1 is 1.16 bits per heavy atom. The van der Waals surface area contributed by atoms with Gasteiger partial charge in [0.15, 0.2) is 0 Å². The van der Waals surface area contributed by atoms with Crippen LogP contribution in [0.5, 0.6) is 0 Å². The highest BCUT2D eigenvalue weighted by molar-refractivity contribution is 5.61. The van der Waals surface area contributed by atoms with E-state index in [-0.39, 0.29) is 22.8 Å². The maximum absolute atomic E-state index is 14.2. The first-order chi connectivity index (χ1) is 15.4. The minimum absolute atomic E-state index is 0.107. The van der Waals surface area contributed by atoms with Crippen molar-refractivity contribution in [2.24, 2.45) is 0 Å². The lowest BCUT2D eigenvalue weighted by molar-refractivity contribution is 0.234. The van der Waals surface area contributed by atoms with Gasteiger partial charge in [0.05, 0.1) is 0 Å². The lowest BCUT2D eigenvalue weighted by Crippen LogP contribution is -2.28. The number of hydrogen-bond donors (Lipinski definition) is 0. The summed E-state index contributed by atoms with van der Waals surface area (Å²) in [4.78, 5) is 2.10. The van der Waals surface area contributed by atoms with Crippen molar-refractivity contribution >= 4 is 5.69 Å². The van der Waals surface area contributed by atoms with Gasteiger partial charge in [-0.15, -0.1) is 0 Å². The van der Waals surface area contributed by atoms with Gasteiger partial charge in [0.25, 0.3) is 0 Å². The molecule has 1 saturated carbocycles. The molecule has 2 atom stereocenters. The summed E-state index contributed by atoms with van der Waals surface area (Å²) in [6, 6.07) is 12.0. The zero-order valence-electron chi connectivity index (χ0n) is 18.8. The molecule has 0 radical (unpaired) electrons. The predicted octanol–water partition coefficient (Wildman–Crippen LogP) is 6.67. The van der Waals surface area contributed by atoms with Crippen LogP contribution in [0.1, 0.15) is 43.7 Å². The Hall–Kier alpha value is -2.72. The number of benzene rings is 2. The van der Waals surface area contributed by atoms with Crippen molar-refractivity contribution in [1.82, 2.24) is 0 Å². The van der Waals surface area contributed by atoms with Crippen molar-refractivity contribution in [3.63, 3.8) is 0 Å². The quantitative estimate of drug-likeness (QED) is 0.453. The minimum atomic E-state index is -0.247. The van der Waals surface area contributed by atoms with Crippen LogP contribution >= 0.6 is 0 Å². The van der Waals surface area contributed by atoms with Crippen molar-refractivity contribution in [2.75, 3.05) is 11.9 Å². The number of likely N-dealkylation sites (N-methyl/N-ethyl adjacent to an activating group) is 1. The Labute approximate surface area is 188 Å². The molecule has 2 unspecified atom stereocenters. The normalized spacial score (nSPS) is 25.8. The third-order valence-electron chi connectivity index (χ3n) is 7.65. The fourth-order valence-corrected chi connectivity index (χ4v) is 5.81. The minimum Gasteiger partial charge on any atom is -0.357 e. The topological polar surface area (TPSA) is 15.8 Å². The zero-order valence-corrected chi connectivity index (χ0v) is 18.8. The van der Waals surface area contributed by atoms with Gasteiger partial charge >= 0.3 is 0 Å². The summed E-state index contributed by atoms with van der Waals surface area (Å²) in [5, 5.41) is 0. The maximum atomic E-state index is 14.2. The molecule has 1 spiro atoms. The van der Waals surface area contributed by atoms with Gasteiger partial charge in [-0.25, -0.2) is 8.78 Å². The van der Waals surface area contributed by atoms with Gasteiger partial charge in [-0.05, 0) is 90.8 Å². The second-order valence-corrected chi connectivity index (χ2v) is 9.15. The largest absolute Gasteiger partial charge is 0.357 e. The van der Waals surface area contributed by atoms with Crippen molar-refractivity contribution in [2.45, 2.75) is 56.7 Å². The molecule has 1 saturated heterocycles. The first kappa shape index (κ1) is 21.1. The van der Waals surface area contributed by atoms with E-state index in [1.165, 1.54) is 17.7 Å². The molecule has 5 rings (SSSR count). The summed E-state index contributed by atoms with van der Waals surface area (Å²) >= 11 is 0. The summed E-state index contributed by atoms with van der Waals surface area (Å²) < 4.78 is 34.1. The molecular formula is C28H29F2NO. The monoisotopic (exact) mass is 433 g/mol. The Morgan fingerprint density at radius 2 is 1.94 bits per heavy atom. The molecule has 0 N–H and O–H groups in total. The Balaban J connectivity index is 1.38. The second-order valence-electron chi connectivity index (χ2n) is 9.15. The lowest BCUT2D eigenvalue weighted by Gasteiger charge is -2.29. The fraction of sp³-hybridized carbons (Fsp3) is 0.357. The van der Waals surface area contributed by atoms with Crippen LogP contribution in [0, 0.1) is 11.6 Å². The molecule has 1 heterocycles. The van der Waals surface area contributed by atoms with E-state index >= 15 is 0 Å². The summed E-state index contributed by atoms with van der Waals surface area (Å²) in [6.07, 6.45) is 9.39. The van der Waals surface area contributed by atoms with Crippen LogP contribution in [0.4, 0.5) is 14.5 Å². The molecule has 1 aliphatic heterocycles. The highest BCUT2D eigenvalue weighted by Gasteiger charge is 2.74. The number of ether oxygens (including phenoxy) is 1. The third-order valence-corrected chi connectivity index (χ3v) is 7.65. The van der Waals surface area contributed by atoms with Crippen molar-refractivity contribution in [1.29, 1.82) is 0 Å². The average molecular weight is 434 g/mol. The van der Waals surface area contributed by atoms with E-state index in [4.69, 9.17) is 4.74 Å². The van der Waals surface area contributed by atoms with Gasteiger partial charge in [-0.3, -0.25) is 0 Å². The first-order valence-corrected chi connectivity index (χ1v) is 11.5. The first-order valence-electron chi connectivity index (χ1n) is 11.5. The predicted molar refractivity (Wildman–Crippen MR) is 125 cm³/mol. The molecule has 3 aliphatic rings. The van der Waals surface area contributed by atoms with Gasteiger partial charge in [-0.1, -0.05) is 31.7 Å². The standard InChI is InChI=1S/C28H29F2NO/c1-4-19-18-28-21(17-26(19)31(3)23-11-9-22(29)10-12-23)14-16-27(28,32-28)15-13-20-7-6-8-25(30)24(20)5-2/h4,6-12,17H,1,5,13-16,18H2,2-3H3. The Morgan fingerprint density at radius 3 is 2.66 bits per heavy atom. The van der Waals surface area contributed by atoms with E-state index in [1.807, 2.05) is 32.2 Å². The van der Waals surface area contributed by atoms with E-state index in [0.717, 1.165) is 60.2 Å². The summed E-state index contributed by atoms with van der Waals surface area (Å²) in [5.41, 5.74) is 6.02. The average Bonchev–Trinajstić information content (AvgIpc) is 3.33. The SMILES string of the molecule is C=CC1=C(N(C)c2ccc(F)cc2)C=C2CCC3(CCc4cccc(F)c4CC)OC23C1. The molecule has 2 fully saturated rings. The van der Waals surface area contributed by atoms with Crippen molar-refractivity contribution in [3.8, 4) is 0 Å². The van der Waals surface area contributed by atoms with Crippen LogP contribution in [-0.4, -0.2) is 18.2 Å². The van der Waals surface area contributed by atoms with E-state index in [9.17, 15) is 8.78 Å². The number of epoxide rings is 1. The smallest absolute Gasteiger partial charge is 0.126 e. The highest BCUT2D eigenvalue weighted by atomic mass is 19.1. The van der Waals surface area contributed by atoms with Gasteiger partial charge in [0.1, 0.15) is 22.8 Å². The van der Waals surface area contributed by atoms with Gasteiger partial charge in [0, 0.05) is 24.9 Å². The number of rotatable bonds is 7. The van der Waals surface area contributed by atoms with E-state index in [1.54, 1.807) is 18.2 Å². The summed E-state index contributed by atoms with van der Waals surface area (Å²) in [7, 11) is 2.01. The molecule has 0 bridgehead atoms. The Kier molecular flexibility index (Phi) is 5.09. The number of allylic oxidation sites excluding steroid dienone is 2. The number of anilines is 1. The van der Waals surface area contributed by atoms with Crippen LogP contribution in [-0.2, 0) is 17.6 Å². The molecule has 32 heavy (non-hydrogen) atoms. The number of halogens is 2. The Bertz CT molecular complexity index is 1130. The number of nitrogens with zero attached hydrogens (tertiary/aromatic N) is 1. The molecule has 0 amide bonds. The van der Waals surface area contributed by atoms with Gasteiger partial charge in [0.2, 0.25) is 0 Å². The second kappa shape index (κ2) is 7.70. The molecule has 2 aliphatic carbocycles. The van der Waals surface area contributed by atoms with E-state index < -0.39 is 0 Å². The molecule has 4 heteroatoms. The van der Waals surface area contributed by atoms with Crippen LogP contribution in [0.3, 0.4) is 0 Å². The van der Waals surface area contributed by atoms with Crippen molar-refractivity contribution in [3.05, 3.63) is 101 Å². The third kappa shape index (κ3) is 3.15. The molecule has 2 aromatic carbocycles. The fourth-order valence-electron chi connectivity index (χ4n) is 5.81. The van der Waals surface area contributed by atoms with Crippen molar-refractivity contribution < 1.29 is 13.5 Å². The highest BCUT2D eigenvalue weighted by Crippen LogP contribution is 2.68. The molecule has 2 nitrogen and oxygen atoms in total. The van der Waals surface area contributed by atoms with Crippen LogP contribution < -0.4 is 4.90 Å². The summed E-state index contributed by atoms with van der Waals surface area (Å²) in [5.74, 6) is -0.346. The van der Waals surface area contributed by atoms with Crippen LogP contribution in [0.15, 0.2) is 78.0 Å². The van der Waals surface area contributed by atoms with Crippen LogP contribution in [0.2, 0.25) is 0 Å². The lowest BCUT2D eigenvalue weighted by atomic mass is 9.80. The molecule has 0 aromatic heterocycles. The van der Waals surface area contributed by atoms with E-state index in [0.29, 0.717) is 6.42 Å².